The second kappa shape index (κ2) is 5.29. The van der Waals surface area contributed by atoms with Crippen LogP contribution in [0.15, 0.2) is 59.7 Å². The van der Waals surface area contributed by atoms with Gasteiger partial charge in [-0.2, -0.15) is 5.10 Å². The summed E-state index contributed by atoms with van der Waals surface area (Å²) in [7, 11) is 0. The fourth-order valence-electron chi connectivity index (χ4n) is 2.25. The second-order valence-corrected chi connectivity index (χ2v) is 5.03. The molecule has 0 atom stereocenters. The van der Waals surface area contributed by atoms with Crippen LogP contribution in [-0.2, 0) is 11.3 Å². The molecule has 0 bridgehead atoms. The predicted molar refractivity (Wildman–Crippen MR) is 79.3 cm³/mol. The molecular weight excluding hydrogens is 248 g/mol. The summed E-state index contributed by atoms with van der Waals surface area (Å²) in [6.45, 7) is 2.59. The second-order valence-electron chi connectivity index (χ2n) is 5.03. The van der Waals surface area contributed by atoms with E-state index in [-0.39, 0.29) is 5.91 Å². The van der Waals surface area contributed by atoms with Gasteiger partial charge in [0.25, 0.3) is 0 Å². The SMILES string of the molecule is Cc1ccc(CN2N=C(c3ccccc3)CC2=O)cc1. The lowest BCUT2D eigenvalue weighted by Crippen LogP contribution is -2.19. The summed E-state index contributed by atoms with van der Waals surface area (Å²) in [5, 5.41) is 6.02. The standard InChI is InChI=1S/C17H16N2O/c1-13-7-9-14(10-8-13)12-19-17(20)11-16(18-19)15-5-3-2-4-6-15/h2-10H,11-12H2,1H3. The number of hydrogen-bond donors (Lipinski definition) is 0. The lowest BCUT2D eigenvalue weighted by Gasteiger charge is -2.11. The van der Waals surface area contributed by atoms with Crippen LogP contribution in [0.2, 0.25) is 0 Å². The third kappa shape index (κ3) is 2.62. The molecule has 0 N–H and O–H groups in total. The number of rotatable bonds is 3. The van der Waals surface area contributed by atoms with E-state index in [1.165, 1.54) is 5.56 Å². The molecule has 1 aliphatic rings. The van der Waals surface area contributed by atoms with E-state index in [1.54, 1.807) is 5.01 Å². The molecule has 20 heavy (non-hydrogen) atoms. The molecule has 1 amide bonds. The Balaban J connectivity index is 1.79. The molecule has 100 valence electrons. The molecule has 0 spiro atoms. The number of nitrogens with zero attached hydrogens (tertiary/aromatic N) is 2. The first-order chi connectivity index (χ1) is 9.72. The Kier molecular flexibility index (Phi) is 3.33. The smallest absolute Gasteiger partial charge is 0.249 e. The molecule has 2 aromatic carbocycles. The van der Waals surface area contributed by atoms with Gasteiger partial charge in [0.1, 0.15) is 0 Å². The molecule has 3 rings (SSSR count). The summed E-state index contributed by atoms with van der Waals surface area (Å²) in [6.07, 6.45) is 0.385. The van der Waals surface area contributed by atoms with Gasteiger partial charge in [-0.15, -0.1) is 0 Å². The van der Waals surface area contributed by atoms with Crippen LogP contribution in [0, 0.1) is 6.92 Å². The number of benzene rings is 2. The summed E-state index contributed by atoms with van der Waals surface area (Å²) in [5.41, 5.74) is 4.19. The van der Waals surface area contributed by atoms with E-state index >= 15 is 0 Å². The highest BCUT2D eigenvalue weighted by molar-refractivity contribution is 6.13. The van der Waals surface area contributed by atoms with Crippen LogP contribution < -0.4 is 0 Å². The van der Waals surface area contributed by atoms with Crippen molar-refractivity contribution in [1.82, 2.24) is 5.01 Å². The van der Waals surface area contributed by atoms with Gasteiger partial charge >= 0.3 is 0 Å². The third-order valence-electron chi connectivity index (χ3n) is 3.41. The minimum atomic E-state index is 0.0597. The molecule has 2 aromatic rings. The molecule has 1 aliphatic heterocycles. The van der Waals surface area contributed by atoms with Crippen molar-refractivity contribution >= 4 is 11.6 Å². The number of hydrazone groups is 1. The maximum absolute atomic E-state index is 12.0. The zero-order valence-electron chi connectivity index (χ0n) is 11.4. The minimum Gasteiger partial charge on any atom is -0.272 e. The summed E-state index contributed by atoms with van der Waals surface area (Å²) in [6, 6.07) is 18.1. The van der Waals surface area contributed by atoms with Gasteiger partial charge in [-0.25, -0.2) is 5.01 Å². The quantitative estimate of drug-likeness (QED) is 0.838. The van der Waals surface area contributed by atoms with E-state index in [2.05, 4.69) is 24.2 Å². The van der Waals surface area contributed by atoms with Gasteiger partial charge in [0, 0.05) is 0 Å². The van der Waals surface area contributed by atoms with Crippen LogP contribution >= 0.6 is 0 Å². The minimum absolute atomic E-state index is 0.0597. The molecule has 0 radical (unpaired) electrons. The maximum atomic E-state index is 12.0. The van der Waals surface area contributed by atoms with E-state index in [9.17, 15) is 4.79 Å². The Morgan fingerprint density at radius 1 is 1.05 bits per heavy atom. The summed E-state index contributed by atoms with van der Waals surface area (Å²) in [4.78, 5) is 12.0. The number of aryl methyl sites for hydroxylation is 1. The molecule has 3 heteroatoms. The van der Waals surface area contributed by atoms with Crippen molar-refractivity contribution in [2.24, 2.45) is 5.10 Å². The lowest BCUT2D eigenvalue weighted by atomic mass is 10.1. The third-order valence-corrected chi connectivity index (χ3v) is 3.41. The van der Waals surface area contributed by atoms with E-state index in [1.807, 2.05) is 42.5 Å². The van der Waals surface area contributed by atoms with Crippen molar-refractivity contribution in [3.05, 3.63) is 71.3 Å². The average Bonchev–Trinajstić information content (AvgIpc) is 2.84. The largest absolute Gasteiger partial charge is 0.272 e. The number of carbonyl (C=O) groups is 1. The van der Waals surface area contributed by atoms with E-state index in [0.717, 1.165) is 16.8 Å². The van der Waals surface area contributed by atoms with Crippen molar-refractivity contribution in [3.8, 4) is 0 Å². The van der Waals surface area contributed by atoms with Crippen molar-refractivity contribution in [2.75, 3.05) is 0 Å². The molecule has 3 nitrogen and oxygen atoms in total. The molecule has 0 aliphatic carbocycles. The number of hydrogen-bond acceptors (Lipinski definition) is 2. The van der Waals surface area contributed by atoms with Gasteiger partial charge < -0.3 is 0 Å². The fraction of sp³-hybridized carbons (Fsp3) is 0.176. The molecular formula is C17H16N2O. The molecule has 0 saturated heterocycles. The van der Waals surface area contributed by atoms with E-state index in [4.69, 9.17) is 0 Å². The van der Waals surface area contributed by atoms with Gasteiger partial charge in [0.2, 0.25) is 5.91 Å². The summed E-state index contributed by atoms with van der Waals surface area (Å²) in [5.74, 6) is 0.0597. The van der Waals surface area contributed by atoms with Crippen molar-refractivity contribution in [1.29, 1.82) is 0 Å². The highest BCUT2D eigenvalue weighted by atomic mass is 16.2. The van der Waals surface area contributed by atoms with Crippen LogP contribution in [0.25, 0.3) is 0 Å². The molecule has 0 saturated carbocycles. The predicted octanol–water partition coefficient (Wildman–Crippen LogP) is 3.13. The Morgan fingerprint density at radius 2 is 1.75 bits per heavy atom. The van der Waals surface area contributed by atoms with E-state index in [0.29, 0.717) is 13.0 Å². The zero-order chi connectivity index (χ0) is 13.9. The Labute approximate surface area is 118 Å². The Bertz CT molecular complexity index is 644. The topological polar surface area (TPSA) is 32.7 Å². The van der Waals surface area contributed by atoms with Crippen LogP contribution in [0.3, 0.4) is 0 Å². The first kappa shape index (κ1) is 12.6. The highest BCUT2D eigenvalue weighted by Crippen LogP contribution is 2.17. The van der Waals surface area contributed by atoms with Gasteiger partial charge in [-0.1, -0.05) is 60.2 Å². The van der Waals surface area contributed by atoms with Crippen molar-refractivity contribution < 1.29 is 4.79 Å². The first-order valence-corrected chi connectivity index (χ1v) is 6.71. The number of carbonyl (C=O) groups excluding carboxylic acids is 1. The van der Waals surface area contributed by atoms with Crippen LogP contribution in [0.5, 0.6) is 0 Å². The van der Waals surface area contributed by atoms with Gasteiger partial charge in [0.05, 0.1) is 18.7 Å². The van der Waals surface area contributed by atoms with Gasteiger partial charge in [0.15, 0.2) is 0 Å². The molecule has 0 unspecified atom stereocenters. The highest BCUT2D eigenvalue weighted by Gasteiger charge is 2.24. The first-order valence-electron chi connectivity index (χ1n) is 6.71. The van der Waals surface area contributed by atoms with Crippen LogP contribution in [0.4, 0.5) is 0 Å². The Hall–Kier alpha value is -2.42. The average molecular weight is 264 g/mol. The summed E-state index contributed by atoms with van der Waals surface area (Å²) >= 11 is 0. The normalized spacial score (nSPS) is 14.6. The van der Waals surface area contributed by atoms with Crippen LogP contribution in [-0.4, -0.2) is 16.6 Å². The molecule has 0 fully saturated rings. The number of amides is 1. The molecule has 0 aromatic heterocycles. The maximum Gasteiger partial charge on any atom is 0.249 e. The van der Waals surface area contributed by atoms with Crippen molar-refractivity contribution in [2.45, 2.75) is 19.9 Å². The Morgan fingerprint density at radius 3 is 2.45 bits per heavy atom. The zero-order valence-corrected chi connectivity index (χ0v) is 11.4. The van der Waals surface area contributed by atoms with Gasteiger partial charge in [-0.3, -0.25) is 4.79 Å². The summed E-state index contributed by atoms with van der Waals surface area (Å²) < 4.78 is 0. The lowest BCUT2D eigenvalue weighted by molar-refractivity contribution is -0.129. The fourth-order valence-corrected chi connectivity index (χ4v) is 2.25. The van der Waals surface area contributed by atoms with E-state index < -0.39 is 0 Å². The molecule has 1 heterocycles. The van der Waals surface area contributed by atoms with Crippen molar-refractivity contribution in [3.63, 3.8) is 0 Å². The van der Waals surface area contributed by atoms with Gasteiger partial charge in [-0.05, 0) is 18.1 Å². The van der Waals surface area contributed by atoms with Crippen LogP contribution in [0.1, 0.15) is 23.1 Å². The monoisotopic (exact) mass is 264 g/mol.